The second kappa shape index (κ2) is 6.19. The van der Waals surface area contributed by atoms with Crippen LogP contribution in [0.4, 0.5) is 0 Å². The minimum Gasteiger partial charge on any atom is -0.463 e. The van der Waals surface area contributed by atoms with Crippen molar-refractivity contribution in [2.45, 2.75) is 6.92 Å². The zero-order valence-corrected chi connectivity index (χ0v) is 8.77. The summed E-state index contributed by atoms with van der Waals surface area (Å²) in [4.78, 5) is 24.0. The molecule has 1 aliphatic rings. The first-order chi connectivity index (χ1) is 7.24. The first-order valence-corrected chi connectivity index (χ1v) is 4.95. The number of hydrogen-bond donors (Lipinski definition) is 0. The molecule has 0 radical (unpaired) electrons. The van der Waals surface area contributed by atoms with E-state index in [2.05, 4.69) is 4.74 Å². The van der Waals surface area contributed by atoms with Gasteiger partial charge in [-0.3, -0.25) is 4.79 Å². The van der Waals surface area contributed by atoms with E-state index in [0.717, 1.165) is 6.08 Å². The van der Waals surface area contributed by atoms with Crippen molar-refractivity contribution in [1.82, 2.24) is 4.90 Å². The average molecular weight is 213 g/mol. The summed E-state index contributed by atoms with van der Waals surface area (Å²) in [5, 5.41) is 0. The summed E-state index contributed by atoms with van der Waals surface area (Å²) in [6.07, 6.45) is 2.39. The molecule has 0 N–H and O–H groups in total. The number of ether oxygens (including phenoxy) is 2. The van der Waals surface area contributed by atoms with E-state index < -0.39 is 5.97 Å². The highest BCUT2D eigenvalue weighted by molar-refractivity contribution is 5.94. The second-order valence-electron chi connectivity index (χ2n) is 3.02. The van der Waals surface area contributed by atoms with E-state index in [9.17, 15) is 9.59 Å². The Kier molecular flexibility index (Phi) is 4.83. The van der Waals surface area contributed by atoms with Gasteiger partial charge in [0.2, 0.25) is 5.91 Å². The normalized spacial score (nSPS) is 16.7. The number of morpholine rings is 1. The minimum absolute atomic E-state index is 0.175. The lowest BCUT2D eigenvalue weighted by molar-refractivity contribution is -0.138. The van der Waals surface area contributed by atoms with Crippen LogP contribution < -0.4 is 0 Å². The van der Waals surface area contributed by atoms with Crippen LogP contribution in [0.15, 0.2) is 12.2 Å². The average Bonchev–Trinajstić information content (AvgIpc) is 2.27. The third-order valence-corrected chi connectivity index (χ3v) is 1.97. The van der Waals surface area contributed by atoms with Gasteiger partial charge in [0.25, 0.3) is 0 Å². The summed E-state index contributed by atoms with van der Waals surface area (Å²) in [6.45, 7) is 4.29. The number of amides is 1. The summed E-state index contributed by atoms with van der Waals surface area (Å²) >= 11 is 0. The minimum atomic E-state index is -0.487. The highest BCUT2D eigenvalue weighted by Gasteiger charge is 2.14. The largest absolute Gasteiger partial charge is 0.463 e. The molecule has 0 aromatic carbocycles. The quantitative estimate of drug-likeness (QED) is 0.488. The van der Waals surface area contributed by atoms with Crippen LogP contribution in [-0.2, 0) is 19.1 Å². The molecule has 1 saturated heterocycles. The molecular weight excluding hydrogens is 198 g/mol. The highest BCUT2D eigenvalue weighted by Crippen LogP contribution is 1.98. The van der Waals surface area contributed by atoms with Crippen molar-refractivity contribution in [3.05, 3.63) is 12.2 Å². The molecule has 1 rings (SSSR count). The van der Waals surface area contributed by atoms with Crippen molar-refractivity contribution < 1.29 is 19.1 Å². The van der Waals surface area contributed by atoms with Gasteiger partial charge in [0, 0.05) is 25.2 Å². The Morgan fingerprint density at radius 3 is 2.60 bits per heavy atom. The van der Waals surface area contributed by atoms with E-state index in [1.54, 1.807) is 11.8 Å². The fourth-order valence-electron chi connectivity index (χ4n) is 1.22. The summed E-state index contributed by atoms with van der Waals surface area (Å²) in [5.41, 5.74) is 0. The lowest BCUT2D eigenvalue weighted by atomic mass is 10.3. The van der Waals surface area contributed by atoms with Crippen LogP contribution in [-0.4, -0.2) is 49.7 Å². The van der Waals surface area contributed by atoms with Gasteiger partial charge < -0.3 is 14.4 Å². The first kappa shape index (κ1) is 11.7. The lowest BCUT2D eigenvalue weighted by Gasteiger charge is -2.25. The molecule has 15 heavy (non-hydrogen) atoms. The van der Waals surface area contributed by atoms with E-state index >= 15 is 0 Å². The Labute approximate surface area is 88.6 Å². The van der Waals surface area contributed by atoms with Gasteiger partial charge in [-0.1, -0.05) is 0 Å². The number of carbonyl (C=O) groups is 2. The van der Waals surface area contributed by atoms with E-state index in [-0.39, 0.29) is 5.91 Å². The predicted molar refractivity (Wildman–Crippen MR) is 53.2 cm³/mol. The molecule has 5 heteroatoms. The van der Waals surface area contributed by atoms with Crippen LogP contribution in [0.2, 0.25) is 0 Å². The fourth-order valence-corrected chi connectivity index (χ4v) is 1.22. The SMILES string of the molecule is CCOC(=O)/C=C/C(=O)N1CCOCC1. The maximum atomic E-state index is 11.5. The van der Waals surface area contributed by atoms with Crippen molar-refractivity contribution in [2.24, 2.45) is 0 Å². The molecule has 0 bridgehead atoms. The number of rotatable bonds is 3. The molecule has 0 aromatic heterocycles. The molecule has 84 valence electrons. The second-order valence-corrected chi connectivity index (χ2v) is 3.02. The Morgan fingerprint density at radius 1 is 1.33 bits per heavy atom. The zero-order valence-electron chi connectivity index (χ0n) is 8.77. The van der Waals surface area contributed by atoms with Gasteiger partial charge >= 0.3 is 5.97 Å². The molecule has 0 unspecified atom stereocenters. The molecule has 1 amide bonds. The summed E-state index contributed by atoms with van der Waals surface area (Å²) < 4.78 is 9.76. The van der Waals surface area contributed by atoms with Gasteiger partial charge in [0.15, 0.2) is 0 Å². The molecule has 5 nitrogen and oxygen atoms in total. The van der Waals surface area contributed by atoms with Crippen LogP contribution in [0.3, 0.4) is 0 Å². The summed E-state index contributed by atoms with van der Waals surface area (Å²) in [7, 11) is 0. The lowest BCUT2D eigenvalue weighted by Crippen LogP contribution is -2.39. The maximum absolute atomic E-state index is 11.5. The van der Waals surface area contributed by atoms with Gasteiger partial charge in [-0.05, 0) is 6.92 Å². The van der Waals surface area contributed by atoms with Crippen LogP contribution in [0, 0.1) is 0 Å². The van der Waals surface area contributed by atoms with Crippen molar-refractivity contribution in [2.75, 3.05) is 32.9 Å². The van der Waals surface area contributed by atoms with Crippen molar-refractivity contribution in [3.63, 3.8) is 0 Å². The molecule has 0 atom stereocenters. The van der Waals surface area contributed by atoms with Gasteiger partial charge in [-0.25, -0.2) is 4.79 Å². The molecule has 1 aliphatic heterocycles. The van der Waals surface area contributed by atoms with Crippen LogP contribution in [0.1, 0.15) is 6.92 Å². The van der Waals surface area contributed by atoms with Gasteiger partial charge in [0.1, 0.15) is 0 Å². The zero-order chi connectivity index (χ0) is 11.1. The van der Waals surface area contributed by atoms with Crippen LogP contribution in [0.25, 0.3) is 0 Å². The van der Waals surface area contributed by atoms with E-state index in [4.69, 9.17) is 4.74 Å². The summed E-state index contributed by atoms with van der Waals surface area (Å²) in [6, 6.07) is 0. The Bertz CT molecular complexity index is 256. The van der Waals surface area contributed by atoms with E-state index in [1.807, 2.05) is 0 Å². The number of carbonyl (C=O) groups excluding carboxylic acids is 2. The molecule has 0 spiro atoms. The van der Waals surface area contributed by atoms with Crippen LogP contribution in [0.5, 0.6) is 0 Å². The maximum Gasteiger partial charge on any atom is 0.330 e. The standard InChI is InChI=1S/C10H15NO4/c1-2-15-10(13)4-3-9(12)11-5-7-14-8-6-11/h3-4H,2,5-8H2,1H3/b4-3+. The van der Waals surface area contributed by atoms with Gasteiger partial charge in [-0.15, -0.1) is 0 Å². The molecular formula is C10H15NO4. The fraction of sp³-hybridized carbons (Fsp3) is 0.600. The Morgan fingerprint density at radius 2 is 2.00 bits per heavy atom. The third kappa shape index (κ3) is 4.12. The molecule has 1 fully saturated rings. The monoisotopic (exact) mass is 213 g/mol. The molecule has 1 heterocycles. The number of esters is 1. The Hall–Kier alpha value is -1.36. The van der Waals surface area contributed by atoms with Crippen molar-refractivity contribution in [3.8, 4) is 0 Å². The van der Waals surface area contributed by atoms with Crippen LogP contribution >= 0.6 is 0 Å². The van der Waals surface area contributed by atoms with Gasteiger partial charge in [-0.2, -0.15) is 0 Å². The van der Waals surface area contributed by atoms with E-state index in [1.165, 1.54) is 6.08 Å². The topological polar surface area (TPSA) is 55.8 Å². The smallest absolute Gasteiger partial charge is 0.330 e. The van der Waals surface area contributed by atoms with Crippen molar-refractivity contribution in [1.29, 1.82) is 0 Å². The highest BCUT2D eigenvalue weighted by atomic mass is 16.5. The first-order valence-electron chi connectivity index (χ1n) is 4.95. The molecule has 0 aromatic rings. The Balaban J connectivity index is 2.36. The van der Waals surface area contributed by atoms with Crippen molar-refractivity contribution >= 4 is 11.9 Å². The number of nitrogens with zero attached hydrogens (tertiary/aromatic N) is 1. The number of hydrogen-bond acceptors (Lipinski definition) is 4. The predicted octanol–water partition coefficient (Wildman–Crippen LogP) is -0.0355. The molecule has 0 aliphatic carbocycles. The third-order valence-electron chi connectivity index (χ3n) is 1.97. The molecule has 0 saturated carbocycles. The summed E-state index contributed by atoms with van der Waals surface area (Å²) in [5.74, 6) is -0.662. The van der Waals surface area contributed by atoms with Gasteiger partial charge in [0.05, 0.1) is 19.8 Å². The van der Waals surface area contributed by atoms with E-state index in [0.29, 0.717) is 32.9 Å².